The summed E-state index contributed by atoms with van der Waals surface area (Å²) in [7, 11) is 1.60. The third-order valence-corrected chi connectivity index (χ3v) is 4.68. The first-order valence-corrected chi connectivity index (χ1v) is 9.30. The molecule has 0 aliphatic carbocycles. The summed E-state index contributed by atoms with van der Waals surface area (Å²) < 4.78 is 10.9. The normalized spacial score (nSPS) is 17.9. The van der Waals surface area contributed by atoms with Gasteiger partial charge in [0.1, 0.15) is 6.04 Å². The van der Waals surface area contributed by atoms with Gasteiger partial charge in [-0.3, -0.25) is 9.59 Å². The SMILES string of the molecule is CCOc1ccc([C@@H](C)NC(=O)[C@@H]2CCCN2C(=O)C(C)C)cc1OC. The van der Waals surface area contributed by atoms with Gasteiger partial charge in [0, 0.05) is 12.5 Å². The lowest BCUT2D eigenvalue weighted by Gasteiger charge is -2.27. The molecule has 0 bridgehead atoms. The highest BCUT2D eigenvalue weighted by Gasteiger charge is 2.35. The molecule has 2 amide bonds. The average Bonchev–Trinajstić information content (AvgIpc) is 3.11. The van der Waals surface area contributed by atoms with Gasteiger partial charge >= 0.3 is 0 Å². The quantitative estimate of drug-likeness (QED) is 0.810. The van der Waals surface area contributed by atoms with Crippen LogP contribution in [0.4, 0.5) is 0 Å². The molecule has 1 heterocycles. The standard InChI is InChI=1S/C20H30N2O4/c1-6-26-17-10-9-15(12-18(17)25-5)14(4)21-19(23)16-8-7-11-22(16)20(24)13(2)3/h9-10,12-14,16H,6-8,11H2,1-5H3,(H,21,23)/t14-,16+/m1/s1. The molecule has 0 spiro atoms. The number of benzene rings is 1. The Hall–Kier alpha value is -2.24. The van der Waals surface area contributed by atoms with E-state index in [1.54, 1.807) is 12.0 Å². The summed E-state index contributed by atoms with van der Waals surface area (Å²) in [6.07, 6.45) is 1.57. The van der Waals surface area contributed by atoms with Crippen molar-refractivity contribution >= 4 is 11.8 Å². The topological polar surface area (TPSA) is 67.9 Å². The maximum Gasteiger partial charge on any atom is 0.243 e. The number of nitrogens with zero attached hydrogens (tertiary/aromatic N) is 1. The number of nitrogens with one attached hydrogen (secondary N) is 1. The summed E-state index contributed by atoms with van der Waals surface area (Å²) >= 11 is 0. The molecular formula is C20H30N2O4. The predicted octanol–water partition coefficient (Wildman–Crippen LogP) is 2.92. The van der Waals surface area contributed by atoms with Gasteiger partial charge in [-0.15, -0.1) is 0 Å². The second-order valence-corrected chi connectivity index (χ2v) is 6.92. The monoisotopic (exact) mass is 362 g/mol. The Balaban J connectivity index is 2.08. The first-order valence-electron chi connectivity index (χ1n) is 9.30. The van der Waals surface area contributed by atoms with Crippen molar-refractivity contribution in [1.29, 1.82) is 0 Å². The maximum atomic E-state index is 12.7. The van der Waals surface area contributed by atoms with Gasteiger partial charge < -0.3 is 19.7 Å². The van der Waals surface area contributed by atoms with Crippen molar-refractivity contribution in [3.8, 4) is 11.5 Å². The van der Waals surface area contributed by atoms with Crippen molar-refractivity contribution in [2.45, 2.75) is 52.6 Å². The second kappa shape index (κ2) is 8.92. The van der Waals surface area contributed by atoms with Gasteiger partial charge in [0.2, 0.25) is 11.8 Å². The summed E-state index contributed by atoms with van der Waals surface area (Å²) in [4.78, 5) is 26.8. The van der Waals surface area contributed by atoms with Crippen LogP contribution in [0, 0.1) is 5.92 Å². The summed E-state index contributed by atoms with van der Waals surface area (Å²) in [6.45, 7) is 8.79. The van der Waals surface area contributed by atoms with Crippen molar-refractivity contribution < 1.29 is 19.1 Å². The molecule has 2 rings (SSSR count). The molecule has 26 heavy (non-hydrogen) atoms. The number of hydrogen-bond acceptors (Lipinski definition) is 4. The number of carbonyl (C=O) groups is 2. The van der Waals surface area contributed by atoms with E-state index in [-0.39, 0.29) is 29.8 Å². The zero-order valence-corrected chi connectivity index (χ0v) is 16.4. The van der Waals surface area contributed by atoms with Gasteiger partial charge in [-0.25, -0.2) is 0 Å². The van der Waals surface area contributed by atoms with Crippen LogP contribution in [0.1, 0.15) is 52.1 Å². The number of amides is 2. The van der Waals surface area contributed by atoms with E-state index in [1.165, 1.54) is 0 Å². The molecule has 0 saturated carbocycles. The number of rotatable bonds is 7. The minimum atomic E-state index is -0.378. The highest BCUT2D eigenvalue weighted by atomic mass is 16.5. The number of hydrogen-bond donors (Lipinski definition) is 1. The van der Waals surface area contributed by atoms with E-state index >= 15 is 0 Å². The zero-order chi connectivity index (χ0) is 19.3. The lowest BCUT2D eigenvalue weighted by Crippen LogP contribution is -2.47. The number of methoxy groups -OCH3 is 1. The third kappa shape index (κ3) is 4.48. The number of likely N-dealkylation sites (tertiary alicyclic amines) is 1. The predicted molar refractivity (Wildman–Crippen MR) is 100 cm³/mol. The molecule has 0 unspecified atom stereocenters. The smallest absolute Gasteiger partial charge is 0.243 e. The first kappa shape index (κ1) is 20.1. The summed E-state index contributed by atoms with van der Waals surface area (Å²) in [5, 5.41) is 3.04. The Bertz CT molecular complexity index is 645. The summed E-state index contributed by atoms with van der Waals surface area (Å²) in [5.74, 6) is 1.16. The van der Waals surface area contributed by atoms with Gasteiger partial charge in [0.15, 0.2) is 11.5 Å². The van der Waals surface area contributed by atoms with Crippen LogP contribution in [0.15, 0.2) is 18.2 Å². The molecule has 6 nitrogen and oxygen atoms in total. The zero-order valence-electron chi connectivity index (χ0n) is 16.4. The first-order chi connectivity index (χ1) is 12.4. The number of ether oxygens (including phenoxy) is 2. The largest absolute Gasteiger partial charge is 0.493 e. The van der Waals surface area contributed by atoms with Crippen LogP contribution in [-0.2, 0) is 9.59 Å². The Morgan fingerprint density at radius 1 is 1.27 bits per heavy atom. The van der Waals surface area contributed by atoms with Crippen LogP contribution in [0.2, 0.25) is 0 Å². The Morgan fingerprint density at radius 3 is 2.62 bits per heavy atom. The summed E-state index contributed by atoms with van der Waals surface area (Å²) in [5.41, 5.74) is 0.929. The van der Waals surface area contributed by atoms with Gasteiger partial charge in [0.05, 0.1) is 19.8 Å². The fourth-order valence-electron chi connectivity index (χ4n) is 3.26. The molecule has 6 heteroatoms. The highest BCUT2D eigenvalue weighted by Crippen LogP contribution is 2.30. The Morgan fingerprint density at radius 2 is 2.00 bits per heavy atom. The van der Waals surface area contributed by atoms with Crippen molar-refractivity contribution in [2.75, 3.05) is 20.3 Å². The fourth-order valence-corrected chi connectivity index (χ4v) is 3.26. The molecule has 1 saturated heterocycles. The fraction of sp³-hybridized carbons (Fsp3) is 0.600. The van der Waals surface area contributed by atoms with Crippen LogP contribution in [0.3, 0.4) is 0 Å². The maximum absolute atomic E-state index is 12.7. The van der Waals surface area contributed by atoms with Crippen molar-refractivity contribution in [2.24, 2.45) is 5.92 Å². The molecule has 0 radical (unpaired) electrons. The van der Waals surface area contributed by atoms with Crippen LogP contribution in [0.25, 0.3) is 0 Å². The Labute approximate surface area is 155 Å². The van der Waals surface area contributed by atoms with E-state index in [9.17, 15) is 9.59 Å². The average molecular weight is 362 g/mol. The van der Waals surface area contributed by atoms with Crippen LogP contribution >= 0.6 is 0 Å². The molecule has 1 aliphatic rings. The van der Waals surface area contributed by atoms with Crippen LogP contribution in [-0.4, -0.2) is 43.0 Å². The number of carbonyl (C=O) groups excluding carboxylic acids is 2. The van der Waals surface area contributed by atoms with Gasteiger partial charge in [0.25, 0.3) is 0 Å². The highest BCUT2D eigenvalue weighted by molar-refractivity contribution is 5.89. The van der Waals surface area contributed by atoms with E-state index in [4.69, 9.17) is 9.47 Å². The van der Waals surface area contributed by atoms with Crippen LogP contribution in [0.5, 0.6) is 11.5 Å². The van der Waals surface area contributed by atoms with E-state index in [0.29, 0.717) is 31.1 Å². The van der Waals surface area contributed by atoms with E-state index < -0.39 is 0 Å². The molecule has 1 aliphatic heterocycles. The van der Waals surface area contributed by atoms with E-state index in [2.05, 4.69) is 5.32 Å². The Kier molecular flexibility index (Phi) is 6.89. The van der Waals surface area contributed by atoms with Crippen LogP contribution < -0.4 is 14.8 Å². The molecule has 1 aromatic rings. The molecule has 0 aromatic heterocycles. The van der Waals surface area contributed by atoms with E-state index in [1.807, 2.05) is 45.9 Å². The molecule has 144 valence electrons. The lowest BCUT2D eigenvalue weighted by atomic mass is 10.1. The third-order valence-electron chi connectivity index (χ3n) is 4.68. The van der Waals surface area contributed by atoms with Gasteiger partial charge in [-0.1, -0.05) is 19.9 Å². The van der Waals surface area contributed by atoms with Gasteiger partial charge in [-0.05, 0) is 44.4 Å². The molecule has 2 atom stereocenters. The van der Waals surface area contributed by atoms with Crippen molar-refractivity contribution in [1.82, 2.24) is 10.2 Å². The van der Waals surface area contributed by atoms with E-state index in [0.717, 1.165) is 12.0 Å². The minimum absolute atomic E-state index is 0.0399. The summed E-state index contributed by atoms with van der Waals surface area (Å²) in [6, 6.07) is 5.08. The van der Waals surface area contributed by atoms with Gasteiger partial charge in [-0.2, -0.15) is 0 Å². The molecule has 1 aromatic carbocycles. The van der Waals surface area contributed by atoms with Crippen molar-refractivity contribution in [3.05, 3.63) is 23.8 Å². The van der Waals surface area contributed by atoms with Crippen molar-refractivity contribution in [3.63, 3.8) is 0 Å². The lowest BCUT2D eigenvalue weighted by molar-refractivity contribution is -0.141. The molecular weight excluding hydrogens is 332 g/mol. The molecule has 1 N–H and O–H groups in total. The second-order valence-electron chi connectivity index (χ2n) is 6.92. The minimum Gasteiger partial charge on any atom is -0.493 e. The molecule has 1 fully saturated rings.